The number of carbonyl (C=O) groups is 1. The van der Waals surface area contributed by atoms with E-state index >= 15 is 0 Å². The molecule has 21 heavy (non-hydrogen) atoms. The van der Waals surface area contributed by atoms with Gasteiger partial charge in [-0.1, -0.05) is 0 Å². The van der Waals surface area contributed by atoms with Gasteiger partial charge in [0.15, 0.2) is 0 Å². The van der Waals surface area contributed by atoms with Crippen molar-refractivity contribution in [1.29, 1.82) is 0 Å². The maximum Gasteiger partial charge on any atom is 0.460 e. The second-order valence-electron chi connectivity index (χ2n) is 4.88. The summed E-state index contributed by atoms with van der Waals surface area (Å²) in [4.78, 5) is 11.5. The molecule has 0 bridgehead atoms. The van der Waals surface area contributed by atoms with E-state index in [-0.39, 0.29) is 25.1 Å². The fourth-order valence-electron chi connectivity index (χ4n) is 2.65. The SMILES string of the molecule is O=C(O)c1ccc2c(c1)c1c(n2I)CCN(C(F)(F)F)C1. The van der Waals surface area contributed by atoms with E-state index in [0.29, 0.717) is 15.8 Å². The van der Waals surface area contributed by atoms with E-state index in [1.54, 1.807) is 6.07 Å². The Labute approximate surface area is 131 Å². The van der Waals surface area contributed by atoms with Crippen LogP contribution in [0.15, 0.2) is 18.2 Å². The van der Waals surface area contributed by atoms with Crippen molar-refractivity contribution in [1.82, 2.24) is 7.68 Å². The Hall–Kier alpha value is -1.29. The summed E-state index contributed by atoms with van der Waals surface area (Å²) in [5.41, 5.74) is 2.21. The van der Waals surface area contributed by atoms with Crippen LogP contribution in [-0.2, 0) is 13.0 Å². The van der Waals surface area contributed by atoms with Gasteiger partial charge in [0, 0.05) is 30.6 Å². The smallest absolute Gasteiger partial charge is 0.460 e. The van der Waals surface area contributed by atoms with E-state index in [0.717, 1.165) is 11.2 Å². The van der Waals surface area contributed by atoms with Crippen molar-refractivity contribution in [2.75, 3.05) is 6.54 Å². The summed E-state index contributed by atoms with van der Waals surface area (Å²) in [5, 5.41) is 9.61. The van der Waals surface area contributed by atoms with Gasteiger partial charge >= 0.3 is 12.3 Å². The van der Waals surface area contributed by atoms with Crippen molar-refractivity contribution >= 4 is 39.7 Å². The van der Waals surface area contributed by atoms with Crippen LogP contribution in [0.4, 0.5) is 13.2 Å². The van der Waals surface area contributed by atoms with Crippen LogP contribution < -0.4 is 0 Å². The van der Waals surface area contributed by atoms with Crippen molar-refractivity contribution in [3.63, 3.8) is 0 Å². The molecule has 0 atom stereocenters. The van der Waals surface area contributed by atoms with Gasteiger partial charge in [-0.15, -0.1) is 0 Å². The molecular weight excluding hydrogens is 400 g/mol. The summed E-state index contributed by atoms with van der Waals surface area (Å²) in [5.74, 6) is -1.09. The van der Waals surface area contributed by atoms with E-state index in [9.17, 15) is 18.0 Å². The fourth-order valence-corrected chi connectivity index (χ4v) is 3.61. The van der Waals surface area contributed by atoms with Crippen LogP contribution in [-0.4, -0.2) is 31.6 Å². The van der Waals surface area contributed by atoms with Crippen LogP contribution in [0, 0.1) is 0 Å². The summed E-state index contributed by atoms with van der Waals surface area (Å²) < 4.78 is 40.4. The van der Waals surface area contributed by atoms with Gasteiger partial charge in [-0.25, -0.2) is 9.69 Å². The lowest BCUT2D eigenvalue weighted by Crippen LogP contribution is -2.41. The maximum absolute atomic E-state index is 12.9. The van der Waals surface area contributed by atoms with Gasteiger partial charge in [0.05, 0.1) is 33.9 Å². The number of carboxylic acids is 1. The van der Waals surface area contributed by atoms with E-state index < -0.39 is 12.3 Å². The van der Waals surface area contributed by atoms with Gasteiger partial charge in [-0.2, -0.15) is 13.2 Å². The molecule has 112 valence electrons. The van der Waals surface area contributed by atoms with E-state index in [4.69, 9.17) is 5.11 Å². The molecule has 8 heteroatoms. The fraction of sp³-hybridized carbons (Fsp3) is 0.308. The summed E-state index contributed by atoms with van der Waals surface area (Å²) in [7, 11) is 0. The number of hydrogen-bond acceptors (Lipinski definition) is 2. The Morgan fingerprint density at radius 2 is 2.05 bits per heavy atom. The molecule has 0 saturated carbocycles. The van der Waals surface area contributed by atoms with Crippen molar-refractivity contribution in [3.05, 3.63) is 35.0 Å². The van der Waals surface area contributed by atoms with Crippen LogP contribution in [0.3, 0.4) is 0 Å². The van der Waals surface area contributed by atoms with Crippen LogP contribution in [0.2, 0.25) is 0 Å². The number of nitrogens with zero attached hydrogens (tertiary/aromatic N) is 2. The second kappa shape index (κ2) is 4.87. The molecule has 1 aromatic heterocycles. The first-order valence-corrected chi connectivity index (χ1v) is 7.13. The highest BCUT2D eigenvalue weighted by Crippen LogP contribution is 2.36. The summed E-state index contributed by atoms with van der Waals surface area (Å²) >= 11 is 2.04. The highest BCUT2D eigenvalue weighted by Gasteiger charge is 2.40. The Bertz CT molecular complexity index is 739. The maximum atomic E-state index is 12.9. The first-order chi connectivity index (χ1) is 9.79. The molecule has 1 aromatic carbocycles. The monoisotopic (exact) mass is 410 g/mol. The van der Waals surface area contributed by atoms with Crippen LogP contribution in [0.25, 0.3) is 10.9 Å². The first-order valence-electron chi connectivity index (χ1n) is 6.16. The highest BCUT2D eigenvalue weighted by molar-refractivity contribution is 14.1. The standard InChI is InChI=1S/C13H10F3IN2O2/c14-13(15,16)18-4-3-11-9(6-18)8-5-7(12(20)21)1-2-10(8)19(11)17/h1-2,5H,3-4,6H2,(H,20,21). The molecule has 1 aliphatic rings. The van der Waals surface area contributed by atoms with Gasteiger partial charge in [-0.05, 0) is 23.8 Å². The minimum Gasteiger partial charge on any atom is -0.478 e. The molecule has 4 nitrogen and oxygen atoms in total. The van der Waals surface area contributed by atoms with E-state index in [1.807, 2.05) is 25.6 Å². The zero-order valence-corrected chi connectivity index (χ0v) is 12.8. The van der Waals surface area contributed by atoms with Gasteiger partial charge in [0.2, 0.25) is 0 Å². The number of alkyl halides is 3. The molecule has 1 N–H and O–H groups in total. The summed E-state index contributed by atoms with van der Waals surface area (Å²) in [6.07, 6.45) is -4.09. The van der Waals surface area contributed by atoms with Crippen LogP contribution in [0.5, 0.6) is 0 Å². The zero-order chi connectivity index (χ0) is 15.4. The average Bonchev–Trinajstić information content (AvgIpc) is 2.70. The van der Waals surface area contributed by atoms with Gasteiger partial charge in [-0.3, -0.25) is 2.78 Å². The predicted octanol–water partition coefficient (Wildman–Crippen LogP) is 3.42. The number of rotatable bonds is 1. The highest BCUT2D eigenvalue weighted by atomic mass is 127. The molecule has 2 aromatic rings. The number of aromatic carboxylic acids is 1. The lowest BCUT2D eigenvalue weighted by molar-refractivity contribution is -0.250. The predicted molar refractivity (Wildman–Crippen MR) is 78.5 cm³/mol. The lowest BCUT2D eigenvalue weighted by Gasteiger charge is -2.29. The molecule has 0 aliphatic carbocycles. The Balaban J connectivity index is 2.16. The molecule has 0 fully saturated rings. The van der Waals surface area contributed by atoms with Gasteiger partial charge in [0.25, 0.3) is 0 Å². The number of hydrogen-bond donors (Lipinski definition) is 1. The van der Waals surface area contributed by atoms with Crippen LogP contribution in [0.1, 0.15) is 21.6 Å². The summed E-state index contributed by atoms with van der Waals surface area (Å²) in [6, 6.07) is 4.56. The van der Waals surface area contributed by atoms with Crippen LogP contribution >= 0.6 is 22.9 Å². The molecule has 0 unspecified atom stereocenters. The second-order valence-corrected chi connectivity index (χ2v) is 5.85. The van der Waals surface area contributed by atoms with Gasteiger partial charge < -0.3 is 5.11 Å². The molecule has 2 heterocycles. The number of halogens is 4. The van der Waals surface area contributed by atoms with E-state index in [2.05, 4.69) is 0 Å². The quantitative estimate of drug-likeness (QED) is 0.579. The molecular formula is C13H10F3IN2O2. The molecule has 3 rings (SSSR count). The Kier molecular flexibility index (Phi) is 3.40. The minimum absolute atomic E-state index is 0.0800. The topological polar surface area (TPSA) is 45.5 Å². The normalized spacial score (nSPS) is 16.2. The molecule has 1 aliphatic heterocycles. The van der Waals surface area contributed by atoms with Crippen molar-refractivity contribution in [2.24, 2.45) is 0 Å². The third kappa shape index (κ3) is 2.39. The third-order valence-electron chi connectivity index (χ3n) is 3.69. The van der Waals surface area contributed by atoms with Crippen molar-refractivity contribution < 1.29 is 23.1 Å². The average molecular weight is 410 g/mol. The number of carboxylic acid groups (broad SMARTS) is 1. The zero-order valence-electron chi connectivity index (χ0n) is 10.6. The number of fused-ring (bicyclic) bond motifs is 3. The Morgan fingerprint density at radius 3 is 2.67 bits per heavy atom. The number of aromatic nitrogens is 1. The van der Waals surface area contributed by atoms with Crippen molar-refractivity contribution in [2.45, 2.75) is 19.3 Å². The largest absolute Gasteiger partial charge is 0.478 e. The molecule has 0 amide bonds. The third-order valence-corrected chi connectivity index (χ3v) is 4.79. The molecule has 0 spiro atoms. The van der Waals surface area contributed by atoms with E-state index in [1.165, 1.54) is 12.1 Å². The van der Waals surface area contributed by atoms with Crippen molar-refractivity contribution in [3.8, 4) is 0 Å². The molecule has 0 radical (unpaired) electrons. The minimum atomic E-state index is -4.37. The van der Waals surface area contributed by atoms with Gasteiger partial charge in [0.1, 0.15) is 0 Å². The Morgan fingerprint density at radius 1 is 1.33 bits per heavy atom. The first kappa shape index (κ1) is 14.6. The summed E-state index contributed by atoms with van der Waals surface area (Å²) in [6.45, 7) is -0.323. The lowest BCUT2D eigenvalue weighted by atomic mass is 10.0. The molecule has 0 saturated heterocycles. The number of benzene rings is 1.